The summed E-state index contributed by atoms with van der Waals surface area (Å²) in [5, 5.41) is 6.70. The molecule has 1 amide bonds. The van der Waals surface area contributed by atoms with Crippen LogP contribution in [0, 0.1) is 0 Å². The smallest absolute Gasteiger partial charge is 0.225 e. The largest absolute Gasteiger partial charge is 0.325 e. The quantitative estimate of drug-likeness (QED) is 0.849. The van der Waals surface area contributed by atoms with E-state index in [0.717, 1.165) is 19.4 Å². The Balaban J connectivity index is 1.89. The van der Waals surface area contributed by atoms with E-state index in [9.17, 15) is 4.79 Å². The molecule has 1 atom stereocenters. The summed E-state index contributed by atoms with van der Waals surface area (Å²) >= 11 is 5.95. The lowest BCUT2D eigenvalue weighted by Gasteiger charge is -2.11. The van der Waals surface area contributed by atoms with Crippen molar-refractivity contribution >= 4 is 23.2 Å². The van der Waals surface area contributed by atoms with E-state index in [-0.39, 0.29) is 5.91 Å². The second kappa shape index (κ2) is 5.32. The maximum atomic E-state index is 11.7. The minimum Gasteiger partial charge on any atom is -0.325 e. The highest BCUT2D eigenvalue weighted by molar-refractivity contribution is 6.33. The molecule has 2 rings (SSSR count). The molecule has 2 N–H and O–H groups in total. The molecule has 0 saturated carbocycles. The molecular formula is C12H15ClN2O. The van der Waals surface area contributed by atoms with Crippen LogP contribution in [-0.2, 0) is 4.79 Å². The number of carbonyl (C=O) groups is 1. The fourth-order valence-corrected chi connectivity index (χ4v) is 2.10. The zero-order valence-corrected chi connectivity index (χ0v) is 9.76. The van der Waals surface area contributed by atoms with Crippen LogP contribution < -0.4 is 10.6 Å². The molecule has 0 spiro atoms. The van der Waals surface area contributed by atoms with E-state index in [2.05, 4.69) is 10.6 Å². The number of benzene rings is 1. The Bertz CT molecular complexity index is 375. The van der Waals surface area contributed by atoms with Gasteiger partial charge in [-0.3, -0.25) is 4.79 Å². The lowest BCUT2D eigenvalue weighted by atomic mass is 10.1. The molecule has 0 radical (unpaired) electrons. The molecule has 1 aromatic carbocycles. The summed E-state index contributed by atoms with van der Waals surface area (Å²) in [6.07, 6.45) is 2.76. The predicted molar refractivity (Wildman–Crippen MR) is 65.7 cm³/mol. The topological polar surface area (TPSA) is 41.1 Å². The third kappa shape index (κ3) is 2.97. The Morgan fingerprint density at radius 2 is 2.31 bits per heavy atom. The lowest BCUT2D eigenvalue weighted by Crippen LogP contribution is -2.27. The van der Waals surface area contributed by atoms with Gasteiger partial charge in [0.15, 0.2) is 0 Å². The molecule has 3 nitrogen and oxygen atoms in total. The highest BCUT2D eigenvalue weighted by Gasteiger charge is 2.17. The van der Waals surface area contributed by atoms with E-state index in [1.165, 1.54) is 0 Å². The van der Waals surface area contributed by atoms with Crippen molar-refractivity contribution in [2.24, 2.45) is 0 Å². The van der Waals surface area contributed by atoms with Crippen molar-refractivity contribution < 1.29 is 4.79 Å². The van der Waals surface area contributed by atoms with Crippen LogP contribution in [0.3, 0.4) is 0 Å². The SMILES string of the molecule is O=C(CC1CCCN1)Nc1ccccc1Cl. The van der Waals surface area contributed by atoms with E-state index in [1.807, 2.05) is 18.2 Å². The van der Waals surface area contributed by atoms with E-state index in [4.69, 9.17) is 11.6 Å². The summed E-state index contributed by atoms with van der Waals surface area (Å²) in [6.45, 7) is 1.02. The van der Waals surface area contributed by atoms with Crippen LogP contribution in [0.2, 0.25) is 5.02 Å². The van der Waals surface area contributed by atoms with Gasteiger partial charge in [0.2, 0.25) is 5.91 Å². The molecule has 0 bridgehead atoms. The Labute approximate surface area is 100 Å². The summed E-state index contributed by atoms with van der Waals surface area (Å²) in [5.74, 6) is 0.0208. The molecule has 1 aliphatic heterocycles. The summed E-state index contributed by atoms with van der Waals surface area (Å²) in [7, 11) is 0. The van der Waals surface area contributed by atoms with Gasteiger partial charge in [-0.25, -0.2) is 0 Å². The first-order chi connectivity index (χ1) is 7.75. The summed E-state index contributed by atoms with van der Waals surface area (Å²) in [4.78, 5) is 11.7. The van der Waals surface area contributed by atoms with Crippen LogP contribution in [0.5, 0.6) is 0 Å². The number of nitrogens with one attached hydrogen (secondary N) is 2. The van der Waals surface area contributed by atoms with Crippen molar-refractivity contribution in [2.75, 3.05) is 11.9 Å². The van der Waals surface area contributed by atoms with Crippen molar-refractivity contribution in [3.63, 3.8) is 0 Å². The molecular weight excluding hydrogens is 224 g/mol. The van der Waals surface area contributed by atoms with Gasteiger partial charge in [0.1, 0.15) is 0 Å². The van der Waals surface area contributed by atoms with E-state index in [1.54, 1.807) is 6.07 Å². The number of halogens is 1. The Hall–Kier alpha value is -1.06. The van der Waals surface area contributed by atoms with Crippen LogP contribution in [0.4, 0.5) is 5.69 Å². The van der Waals surface area contributed by atoms with Gasteiger partial charge in [0.25, 0.3) is 0 Å². The van der Waals surface area contributed by atoms with Crippen molar-refractivity contribution in [1.29, 1.82) is 0 Å². The summed E-state index contributed by atoms with van der Waals surface area (Å²) < 4.78 is 0. The number of rotatable bonds is 3. The molecule has 0 aliphatic carbocycles. The zero-order valence-electron chi connectivity index (χ0n) is 9.00. The van der Waals surface area contributed by atoms with Crippen molar-refractivity contribution in [1.82, 2.24) is 5.32 Å². The molecule has 1 unspecified atom stereocenters. The van der Waals surface area contributed by atoms with Crippen molar-refractivity contribution in [3.8, 4) is 0 Å². The third-order valence-corrected chi connectivity index (χ3v) is 3.07. The van der Waals surface area contributed by atoms with Crippen LogP contribution in [0.15, 0.2) is 24.3 Å². The molecule has 1 saturated heterocycles. The molecule has 1 fully saturated rings. The minimum absolute atomic E-state index is 0.0208. The number of carbonyl (C=O) groups excluding carboxylic acids is 1. The Morgan fingerprint density at radius 1 is 1.50 bits per heavy atom. The number of anilines is 1. The number of hydrogen-bond acceptors (Lipinski definition) is 2. The average Bonchev–Trinajstić information content (AvgIpc) is 2.74. The van der Waals surface area contributed by atoms with Crippen molar-refractivity contribution in [3.05, 3.63) is 29.3 Å². The minimum atomic E-state index is 0.0208. The van der Waals surface area contributed by atoms with E-state index < -0.39 is 0 Å². The second-order valence-electron chi connectivity index (χ2n) is 4.03. The number of hydrogen-bond donors (Lipinski definition) is 2. The van der Waals surface area contributed by atoms with Gasteiger partial charge in [-0.05, 0) is 31.5 Å². The van der Waals surface area contributed by atoms with Gasteiger partial charge in [0.05, 0.1) is 10.7 Å². The first-order valence-electron chi connectivity index (χ1n) is 5.53. The first-order valence-corrected chi connectivity index (χ1v) is 5.91. The Kier molecular flexibility index (Phi) is 3.80. The van der Waals surface area contributed by atoms with Crippen molar-refractivity contribution in [2.45, 2.75) is 25.3 Å². The van der Waals surface area contributed by atoms with Crippen LogP contribution in [-0.4, -0.2) is 18.5 Å². The maximum Gasteiger partial charge on any atom is 0.225 e. The predicted octanol–water partition coefficient (Wildman–Crippen LogP) is 2.42. The standard InChI is InChI=1S/C12H15ClN2O/c13-10-5-1-2-6-11(10)15-12(16)8-9-4-3-7-14-9/h1-2,5-6,9,14H,3-4,7-8H2,(H,15,16). The fourth-order valence-electron chi connectivity index (χ4n) is 1.92. The van der Waals surface area contributed by atoms with E-state index in [0.29, 0.717) is 23.2 Å². The normalized spacial score (nSPS) is 19.7. The van der Waals surface area contributed by atoms with Gasteiger partial charge in [-0.2, -0.15) is 0 Å². The first kappa shape index (κ1) is 11.4. The highest BCUT2D eigenvalue weighted by atomic mass is 35.5. The number of amides is 1. The monoisotopic (exact) mass is 238 g/mol. The summed E-state index contributed by atoms with van der Waals surface area (Å²) in [5.41, 5.74) is 0.687. The molecule has 4 heteroatoms. The molecule has 1 aliphatic rings. The molecule has 16 heavy (non-hydrogen) atoms. The van der Waals surface area contributed by atoms with Gasteiger partial charge in [-0.1, -0.05) is 23.7 Å². The molecule has 86 valence electrons. The van der Waals surface area contributed by atoms with Gasteiger partial charge < -0.3 is 10.6 Å². The van der Waals surface area contributed by atoms with E-state index >= 15 is 0 Å². The fraction of sp³-hybridized carbons (Fsp3) is 0.417. The van der Waals surface area contributed by atoms with Crippen LogP contribution >= 0.6 is 11.6 Å². The molecule has 1 heterocycles. The van der Waals surface area contributed by atoms with Crippen LogP contribution in [0.1, 0.15) is 19.3 Å². The molecule has 1 aromatic rings. The van der Waals surface area contributed by atoms with Gasteiger partial charge in [0, 0.05) is 12.5 Å². The lowest BCUT2D eigenvalue weighted by molar-refractivity contribution is -0.116. The van der Waals surface area contributed by atoms with Crippen LogP contribution in [0.25, 0.3) is 0 Å². The van der Waals surface area contributed by atoms with Gasteiger partial charge in [-0.15, -0.1) is 0 Å². The average molecular weight is 239 g/mol. The number of para-hydroxylation sites is 1. The zero-order chi connectivity index (χ0) is 11.4. The van der Waals surface area contributed by atoms with Gasteiger partial charge >= 0.3 is 0 Å². The third-order valence-electron chi connectivity index (χ3n) is 2.74. The second-order valence-corrected chi connectivity index (χ2v) is 4.43. The Morgan fingerprint density at radius 3 is 3.00 bits per heavy atom. The molecule has 0 aromatic heterocycles. The maximum absolute atomic E-state index is 11.7. The summed E-state index contributed by atoms with van der Waals surface area (Å²) in [6, 6.07) is 7.60. The highest BCUT2D eigenvalue weighted by Crippen LogP contribution is 2.21.